The summed E-state index contributed by atoms with van der Waals surface area (Å²) in [4.78, 5) is 24.2. The Balaban J connectivity index is 2.44. The number of likely N-dealkylation sites (tertiary alicyclic amines) is 1. The van der Waals surface area contributed by atoms with E-state index in [4.69, 9.17) is 5.11 Å². The van der Waals surface area contributed by atoms with Crippen LogP contribution >= 0.6 is 0 Å². The lowest BCUT2D eigenvalue weighted by Crippen LogP contribution is -2.50. The normalized spacial score (nSPS) is 18.8. The van der Waals surface area contributed by atoms with Crippen LogP contribution in [0.15, 0.2) is 0 Å². The molecule has 1 fully saturated rings. The van der Waals surface area contributed by atoms with Crippen molar-refractivity contribution in [3.8, 4) is 0 Å². The first-order valence-corrected chi connectivity index (χ1v) is 6.01. The molecule has 1 rings (SSSR count). The molecular formula is C11H20N2O4. The molecule has 0 aromatic rings. The average molecular weight is 244 g/mol. The van der Waals surface area contributed by atoms with E-state index in [1.54, 1.807) is 4.90 Å². The molecule has 0 bridgehead atoms. The SMILES string of the molecule is CCCC(NC(=O)N1CCC(O)CC1)C(=O)O. The van der Waals surface area contributed by atoms with Gasteiger partial charge < -0.3 is 20.4 Å². The van der Waals surface area contributed by atoms with Gasteiger partial charge in [0.15, 0.2) is 0 Å². The molecule has 3 N–H and O–H groups in total. The van der Waals surface area contributed by atoms with E-state index < -0.39 is 12.0 Å². The molecular weight excluding hydrogens is 224 g/mol. The number of aliphatic hydroxyl groups is 1. The summed E-state index contributed by atoms with van der Waals surface area (Å²) >= 11 is 0. The van der Waals surface area contributed by atoms with Gasteiger partial charge in [-0.1, -0.05) is 13.3 Å². The first-order valence-electron chi connectivity index (χ1n) is 6.01. The standard InChI is InChI=1S/C11H20N2O4/c1-2-3-9(10(15)16)12-11(17)13-6-4-8(14)5-7-13/h8-9,14H,2-7H2,1H3,(H,12,17)(H,15,16). The summed E-state index contributed by atoms with van der Waals surface area (Å²) in [5.41, 5.74) is 0. The van der Waals surface area contributed by atoms with Crippen LogP contribution in [0.1, 0.15) is 32.6 Å². The lowest BCUT2D eigenvalue weighted by Gasteiger charge is -2.30. The van der Waals surface area contributed by atoms with Crippen molar-refractivity contribution >= 4 is 12.0 Å². The van der Waals surface area contributed by atoms with Crippen molar-refractivity contribution < 1.29 is 19.8 Å². The van der Waals surface area contributed by atoms with E-state index in [0.29, 0.717) is 38.8 Å². The minimum atomic E-state index is -1.00. The van der Waals surface area contributed by atoms with Crippen molar-refractivity contribution in [3.05, 3.63) is 0 Å². The number of aliphatic hydroxyl groups excluding tert-OH is 1. The highest BCUT2D eigenvalue weighted by molar-refractivity contribution is 5.82. The molecule has 0 aliphatic carbocycles. The number of urea groups is 1. The lowest BCUT2D eigenvalue weighted by molar-refractivity contribution is -0.139. The van der Waals surface area contributed by atoms with Crippen LogP contribution in [0.4, 0.5) is 4.79 Å². The average Bonchev–Trinajstić information content (AvgIpc) is 2.29. The van der Waals surface area contributed by atoms with E-state index in [-0.39, 0.29) is 12.1 Å². The number of aliphatic carboxylic acids is 1. The van der Waals surface area contributed by atoms with Gasteiger partial charge in [-0.25, -0.2) is 9.59 Å². The molecule has 1 saturated heterocycles. The topological polar surface area (TPSA) is 89.9 Å². The fourth-order valence-corrected chi connectivity index (χ4v) is 1.86. The number of piperidine rings is 1. The van der Waals surface area contributed by atoms with Crippen molar-refractivity contribution in [2.24, 2.45) is 0 Å². The van der Waals surface area contributed by atoms with Gasteiger partial charge in [0.25, 0.3) is 0 Å². The fourth-order valence-electron chi connectivity index (χ4n) is 1.86. The van der Waals surface area contributed by atoms with Gasteiger partial charge in [0.05, 0.1) is 6.10 Å². The van der Waals surface area contributed by atoms with Crippen LogP contribution in [0.2, 0.25) is 0 Å². The van der Waals surface area contributed by atoms with Crippen molar-refractivity contribution in [1.82, 2.24) is 10.2 Å². The first-order chi connectivity index (χ1) is 8.04. The minimum Gasteiger partial charge on any atom is -0.480 e. The number of amides is 2. The number of nitrogens with zero attached hydrogens (tertiary/aromatic N) is 1. The number of carbonyl (C=O) groups excluding carboxylic acids is 1. The Kier molecular flexibility index (Phi) is 5.21. The maximum Gasteiger partial charge on any atom is 0.326 e. The van der Waals surface area contributed by atoms with E-state index >= 15 is 0 Å². The van der Waals surface area contributed by atoms with E-state index in [1.165, 1.54) is 0 Å². The van der Waals surface area contributed by atoms with Gasteiger partial charge in [-0.3, -0.25) is 0 Å². The summed E-state index contributed by atoms with van der Waals surface area (Å²) in [6.45, 7) is 2.83. The summed E-state index contributed by atoms with van der Waals surface area (Å²) in [7, 11) is 0. The Morgan fingerprint density at radius 3 is 2.47 bits per heavy atom. The minimum absolute atomic E-state index is 0.343. The molecule has 1 unspecified atom stereocenters. The van der Waals surface area contributed by atoms with Crippen LogP contribution in [-0.4, -0.2) is 52.3 Å². The van der Waals surface area contributed by atoms with E-state index in [0.717, 1.165) is 0 Å². The molecule has 1 aliphatic heterocycles. The van der Waals surface area contributed by atoms with Crippen LogP contribution in [0.25, 0.3) is 0 Å². The number of carbonyl (C=O) groups is 2. The highest BCUT2D eigenvalue weighted by Crippen LogP contribution is 2.10. The number of hydrogen-bond donors (Lipinski definition) is 3. The smallest absolute Gasteiger partial charge is 0.326 e. The second-order valence-corrected chi connectivity index (χ2v) is 4.35. The zero-order valence-electron chi connectivity index (χ0n) is 10.1. The third kappa shape index (κ3) is 4.22. The van der Waals surface area contributed by atoms with Crippen LogP contribution < -0.4 is 5.32 Å². The maximum absolute atomic E-state index is 11.8. The monoisotopic (exact) mass is 244 g/mol. The van der Waals surface area contributed by atoms with Crippen molar-refractivity contribution in [3.63, 3.8) is 0 Å². The Labute approximate surface area is 101 Å². The van der Waals surface area contributed by atoms with Crippen molar-refractivity contribution in [2.45, 2.75) is 44.8 Å². The number of rotatable bonds is 4. The van der Waals surface area contributed by atoms with Crippen LogP contribution in [0.5, 0.6) is 0 Å². The molecule has 6 nitrogen and oxygen atoms in total. The van der Waals surface area contributed by atoms with Gasteiger partial charge in [-0.15, -0.1) is 0 Å². The Morgan fingerprint density at radius 1 is 1.41 bits per heavy atom. The zero-order chi connectivity index (χ0) is 12.8. The summed E-state index contributed by atoms with van der Waals surface area (Å²) in [5.74, 6) is -1.00. The lowest BCUT2D eigenvalue weighted by atomic mass is 10.1. The summed E-state index contributed by atoms with van der Waals surface area (Å²) in [6, 6.07) is -1.17. The molecule has 1 heterocycles. The molecule has 0 aromatic heterocycles. The molecule has 98 valence electrons. The first kappa shape index (κ1) is 13.8. The molecule has 6 heteroatoms. The van der Waals surface area contributed by atoms with E-state index in [2.05, 4.69) is 5.32 Å². The number of hydrogen-bond acceptors (Lipinski definition) is 3. The van der Waals surface area contributed by atoms with Gasteiger partial charge in [0.1, 0.15) is 6.04 Å². The predicted octanol–water partition coefficient (Wildman–Crippen LogP) is 0.406. The molecule has 0 spiro atoms. The molecule has 1 aliphatic rings. The third-order valence-electron chi connectivity index (χ3n) is 2.92. The second-order valence-electron chi connectivity index (χ2n) is 4.35. The predicted molar refractivity (Wildman–Crippen MR) is 61.7 cm³/mol. The van der Waals surface area contributed by atoms with Crippen molar-refractivity contribution in [1.29, 1.82) is 0 Å². The van der Waals surface area contributed by atoms with E-state index in [1.807, 2.05) is 6.92 Å². The van der Waals surface area contributed by atoms with Crippen LogP contribution in [0, 0.1) is 0 Å². The Hall–Kier alpha value is -1.30. The summed E-state index contributed by atoms with van der Waals surface area (Å²) < 4.78 is 0. The fraction of sp³-hybridized carbons (Fsp3) is 0.818. The second kappa shape index (κ2) is 6.44. The highest BCUT2D eigenvalue weighted by Gasteiger charge is 2.25. The molecule has 17 heavy (non-hydrogen) atoms. The molecule has 0 radical (unpaired) electrons. The van der Waals surface area contributed by atoms with Gasteiger partial charge in [-0.2, -0.15) is 0 Å². The largest absolute Gasteiger partial charge is 0.480 e. The van der Waals surface area contributed by atoms with E-state index in [9.17, 15) is 14.7 Å². The molecule has 0 saturated carbocycles. The molecule has 2 amide bonds. The highest BCUT2D eigenvalue weighted by atomic mass is 16.4. The molecule has 1 atom stereocenters. The zero-order valence-corrected chi connectivity index (χ0v) is 10.1. The van der Waals surface area contributed by atoms with Gasteiger partial charge in [0.2, 0.25) is 0 Å². The van der Waals surface area contributed by atoms with Gasteiger partial charge in [-0.05, 0) is 19.3 Å². The molecule has 0 aromatic carbocycles. The number of carboxylic acids is 1. The van der Waals surface area contributed by atoms with Crippen LogP contribution in [-0.2, 0) is 4.79 Å². The van der Waals surface area contributed by atoms with Crippen LogP contribution in [0.3, 0.4) is 0 Å². The maximum atomic E-state index is 11.8. The quantitative estimate of drug-likeness (QED) is 0.668. The number of carboxylic acid groups (broad SMARTS) is 1. The summed E-state index contributed by atoms with van der Waals surface area (Å²) in [5, 5.41) is 20.7. The number of nitrogens with one attached hydrogen (secondary N) is 1. The van der Waals surface area contributed by atoms with Gasteiger partial charge >= 0.3 is 12.0 Å². The summed E-state index contributed by atoms with van der Waals surface area (Å²) in [6.07, 6.45) is 1.90. The Morgan fingerprint density at radius 2 is 2.00 bits per heavy atom. The Bertz CT molecular complexity index is 275. The third-order valence-corrected chi connectivity index (χ3v) is 2.92. The van der Waals surface area contributed by atoms with Gasteiger partial charge in [0, 0.05) is 13.1 Å². The van der Waals surface area contributed by atoms with Crippen molar-refractivity contribution in [2.75, 3.05) is 13.1 Å².